The monoisotopic (exact) mass is 369 g/mol. The molecule has 128 valence electrons. The zero-order valence-corrected chi connectivity index (χ0v) is 15.6. The molecule has 0 saturated carbocycles. The Morgan fingerprint density at radius 2 is 1.84 bits per heavy atom. The van der Waals surface area contributed by atoms with Gasteiger partial charge in [0.15, 0.2) is 0 Å². The summed E-state index contributed by atoms with van der Waals surface area (Å²) in [6.07, 6.45) is 0. The van der Waals surface area contributed by atoms with Crippen LogP contribution in [0, 0.1) is 6.92 Å². The average molecular weight is 370 g/mol. The summed E-state index contributed by atoms with van der Waals surface area (Å²) >= 11 is 3.00. The number of aromatic nitrogens is 2. The van der Waals surface area contributed by atoms with Gasteiger partial charge in [0, 0.05) is 22.4 Å². The van der Waals surface area contributed by atoms with Crippen LogP contribution < -0.4 is 10.8 Å². The van der Waals surface area contributed by atoms with Crippen LogP contribution >= 0.6 is 23.3 Å². The van der Waals surface area contributed by atoms with Crippen LogP contribution in [0.3, 0.4) is 0 Å². The minimum Gasteiger partial charge on any atom is -0.291 e. The maximum atomic E-state index is 13.0. The van der Waals surface area contributed by atoms with E-state index in [0.29, 0.717) is 18.8 Å². The number of nitrogens with two attached hydrogens (primary N) is 1. The molecule has 0 aliphatic carbocycles. The maximum Gasteiger partial charge on any atom is 0.329 e. The molecule has 2 N–H and O–H groups in total. The van der Waals surface area contributed by atoms with E-state index in [1.807, 2.05) is 33.4 Å². The molecule has 0 amide bonds. The van der Waals surface area contributed by atoms with E-state index in [1.54, 1.807) is 11.3 Å². The van der Waals surface area contributed by atoms with Gasteiger partial charge in [-0.05, 0) is 41.6 Å². The Bertz CT molecular complexity index is 1110. The zero-order chi connectivity index (χ0) is 17.4. The molecule has 4 nitrogen and oxygen atoms in total. The van der Waals surface area contributed by atoms with Gasteiger partial charge in [-0.2, -0.15) is 0 Å². The van der Waals surface area contributed by atoms with Crippen molar-refractivity contribution in [3.8, 4) is 0 Å². The van der Waals surface area contributed by atoms with Gasteiger partial charge in [0.1, 0.15) is 0 Å². The zero-order valence-electron chi connectivity index (χ0n) is 13.9. The van der Waals surface area contributed by atoms with Crippen LogP contribution in [-0.2, 0) is 13.1 Å². The predicted molar refractivity (Wildman–Crippen MR) is 109 cm³/mol. The number of imidazole rings is 1. The number of rotatable bonds is 5. The van der Waals surface area contributed by atoms with Crippen molar-refractivity contribution in [1.82, 2.24) is 9.13 Å². The Balaban J connectivity index is 1.86. The lowest BCUT2D eigenvalue weighted by atomic mass is 10.1. The van der Waals surface area contributed by atoms with Gasteiger partial charge >= 0.3 is 5.69 Å². The van der Waals surface area contributed by atoms with Crippen LogP contribution in [0.25, 0.3) is 21.1 Å². The first kappa shape index (κ1) is 16.4. The van der Waals surface area contributed by atoms with E-state index in [0.717, 1.165) is 11.0 Å². The number of fused-ring (bicyclic) bond motifs is 2. The van der Waals surface area contributed by atoms with Crippen molar-refractivity contribution in [3.05, 3.63) is 69.5 Å². The summed E-state index contributed by atoms with van der Waals surface area (Å²) in [5.41, 5.74) is 4.44. The van der Waals surface area contributed by atoms with E-state index in [-0.39, 0.29) is 5.69 Å². The maximum absolute atomic E-state index is 13.0. The van der Waals surface area contributed by atoms with E-state index in [2.05, 4.69) is 30.5 Å². The lowest BCUT2D eigenvalue weighted by Crippen LogP contribution is -2.25. The minimum atomic E-state index is 0.0307. The summed E-state index contributed by atoms with van der Waals surface area (Å²) < 4.78 is 4.98. The van der Waals surface area contributed by atoms with Crippen molar-refractivity contribution < 1.29 is 0 Å². The summed E-state index contributed by atoms with van der Waals surface area (Å²) in [4.78, 5) is 13.0. The molecule has 0 aliphatic rings. The van der Waals surface area contributed by atoms with E-state index < -0.39 is 0 Å². The average Bonchev–Trinajstić information content (AvgIpc) is 3.15. The molecule has 0 saturated heterocycles. The fourth-order valence-corrected chi connectivity index (χ4v) is 4.73. The normalized spacial score (nSPS) is 11.6. The van der Waals surface area contributed by atoms with Crippen molar-refractivity contribution in [3.63, 3.8) is 0 Å². The number of hydrogen-bond acceptors (Lipinski definition) is 4. The second-order valence-corrected chi connectivity index (χ2v) is 7.74. The van der Waals surface area contributed by atoms with Crippen molar-refractivity contribution >= 4 is 44.4 Å². The predicted octanol–water partition coefficient (Wildman–Crippen LogP) is 3.98. The quantitative estimate of drug-likeness (QED) is 0.541. The standard InChI is InChI=1S/C19H19N3OS2/c1-13-5-4-8-17-18(13)14(12-24-17)11-22-16-7-3-2-6-15(16)21(19(22)23)9-10-25-20/h2-8,12H,9-11,20H2,1H3. The third-order valence-electron chi connectivity index (χ3n) is 4.57. The van der Waals surface area contributed by atoms with Gasteiger partial charge in [-0.1, -0.05) is 36.2 Å². The van der Waals surface area contributed by atoms with Gasteiger partial charge in [0.2, 0.25) is 0 Å². The summed E-state index contributed by atoms with van der Waals surface area (Å²) in [5, 5.41) is 9.01. The number of para-hydroxylation sites is 2. The molecular weight excluding hydrogens is 350 g/mol. The topological polar surface area (TPSA) is 53.0 Å². The fraction of sp³-hybridized carbons (Fsp3) is 0.211. The van der Waals surface area contributed by atoms with Crippen LogP contribution in [0.4, 0.5) is 0 Å². The van der Waals surface area contributed by atoms with Gasteiger partial charge in [-0.15, -0.1) is 11.3 Å². The van der Waals surface area contributed by atoms with Gasteiger partial charge in [-0.25, -0.2) is 4.79 Å². The Labute approximate surface area is 154 Å². The number of benzene rings is 2. The molecule has 2 aromatic carbocycles. The first-order valence-electron chi connectivity index (χ1n) is 8.16. The van der Waals surface area contributed by atoms with Crippen LogP contribution in [0.2, 0.25) is 0 Å². The Morgan fingerprint density at radius 3 is 2.60 bits per heavy atom. The smallest absolute Gasteiger partial charge is 0.291 e. The van der Waals surface area contributed by atoms with Gasteiger partial charge in [0.25, 0.3) is 0 Å². The summed E-state index contributed by atoms with van der Waals surface area (Å²) in [5.74, 6) is 0.717. The molecule has 0 aliphatic heterocycles. The van der Waals surface area contributed by atoms with Gasteiger partial charge in [-0.3, -0.25) is 14.3 Å². The molecule has 2 heterocycles. The lowest BCUT2D eigenvalue weighted by Gasteiger charge is -2.04. The Morgan fingerprint density at radius 1 is 1.08 bits per heavy atom. The molecule has 0 spiro atoms. The molecule has 0 unspecified atom stereocenters. The molecular formula is C19H19N3OS2. The summed E-state index contributed by atoms with van der Waals surface area (Å²) in [6.45, 7) is 3.34. The highest BCUT2D eigenvalue weighted by atomic mass is 32.2. The van der Waals surface area contributed by atoms with Crippen molar-refractivity contribution in [2.45, 2.75) is 20.0 Å². The van der Waals surface area contributed by atoms with Crippen LogP contribution in [-0.4, -0.2) is 14.9 Å². The Kier molecular flexibility index (Phi) is 4.41. The molecule has 2 aromatic heterocycles. The van der Waals surface area contributed by atoms with Crippen molar-refractivity contribution in [2.24, 2.45) is 5.14 Å². The molecule has 0 fully saturated rings. The molecule has 0 bridgehead atoms. The second kappa shape index (κ2) is 6.71. The number of aryl methyl sites for hydroxylation is 2. The van der Waals surface area contributed by atoms with Gasteiger partial charge < -0.3 is 0 Å². The Hall–Kier alpha value is -2.02. The molecule has 4 rings (SSSR count). The molecule has 6 heteroatoms. The molecule has 0 radical (unpaired) electrons. The van der Waals surface area contributed by atoms with Gasteiger partial charge in [0.05, 0.1) is 17.6 Å². The number of hydrogen-bond donors (Lipinski definition) is 1. The molecule has 25 heavy (non-hydrogen) atoms. The number of nitrogens with zero attached hydrogens (tertiary/aromatic N) is 2. The van der Waals surface area contributed by atoms with E-state index in [4.69, 9.17) is 5.14 Å². The van der Waals surface area contributed by atoms with Crippen molar-refractivity contribution in [2.75, 3.05) is 5.75 Å². The summed E-state index contributed by atoms with van der Waals surface area (Å²) in [7, 11) is 0. The third kappa shape index (κ3) is 2.80. The largest absolute Gasteiger partial charge is 0.329 e. The molecule has 0 atom stereocenters. The van der Waals surface area contributed by atoms with Crippen LogP contribution in [0.5, 0.6) is 0 Å². The first-order valence-corrected chi connectivity index (χ1v) is 10.1. The lowest BCUT2D eigenvalue weighted by molar-refractivity contribution is 0.691. The second-order valence-electron chi connectivity index (χ2n) is 6.09. The highest BCUT2D eigenvalue weighted by Gasteiger charge is 2.15. The molecule has 4 aromatic rings. The van der Waals surface area contributed by atoms with E-state index in [9.17, 15) is 4.79 Å². The fourth-order valence-electron chi connectivity index (χ4n) is 3.42. The summed E-state index contributed by atoms with van der Waals surface area (Å²) in [6, 6.07) is 14.3. The SMILES string of the molecule is Cc1cccc2scc(Cn3c(=O)n(CCSN)c4ccccc43)c12. The highest BCUT2D eigenvalue weighted by Crippen LogP contribution is 2.29. The van der Waals surface area contributed by atoms with Crippen molar-refractivity contribution in [1.29, 1.82) is 0 Å². The highest BCUT2D eigenvalue weighted by molar-refractivity contribution is 7.97. The number of thiophene rings is 1. The minimum absolute atomic E-state index is 0.0307. The first-order chi connectivity index (χ1) is 12.2. The van der Waals surface area contributed by atoms with E-state index in [1.165, 1.54) is 33.2 Å². The third-order valence-corrected chi connectivity index (χ3v) is 5.98. The van der Waals surface area contributed by atoms with Crippen LogP contribution in [0.1, 0.15) is 11.1 Å². The van der Waals surface area contributed by atoms with E-state index >= 15 is 0 Å². The van der Waals surface area contributed by atoms with Crippen LogP contribution in [0.15, 0.2) is 52.6 Å².